The van der Waals surface area contributed by atoms with E-state index >= 15 is 4.39 Å². The molecule has 0 bridgehead atoms. The van der Waals surface area contributed by atoms with Crippen molar-refractivity contribution in [3.05, 3.63) is 23.8 Å². The molecule has 9 atom stereocenters. The number of hydrogen-bond acceptors (Lipinski definition) is 6. The lowest BCUT2D eigenvalue weighted by atomic mass is 9.46. The summed E-state index contributed by atoms with van der Waals surface area (Å²) in [6.45, 7) is 7.42. The van der Waals surface area contributed by atoms with E-state index in [4.69, 9.17) is 9.47 Å². The van der Waals surface area contributed by atoms with E-state index in [0.29, 0.717) is 30.2 Å². The Morgan fingerprint density at radius 1 is 1.27 bits per heavy atom. The molecule has 1 saturated heterocycles. The number of halogens is 2. The summed E-state index contributed by atoms with van der Waals surface area (Å²) in [6.07, 6.45) is 4.43. The topological polar surface area (TPSA) is 73.0 Å². The van der Waals surface area contributed by atoms with Gasteiger partial charge in [-0.15, -0.1) is 0 Å². The molecule has 5 rings (SSSR count). The van der Waals surface area contributed by atoms with Gasteiger partial charge in [0.2, 0.25) is 5.12 Å². The van der Waals surface area contributed by atoms with E-state index in [1.165, 1.54) is 12.2 Å². The summed E-state index contributed by atoms with van der Waals surface area (Å²) in [5, 5.41) is -0.472. The van der Waals surface area contributed by atoms with Crippen molar-refractivity contribution in [3.63, 3.8) is 0 Å². The maximum absolute atomic E-state index is 15.6. The maximum Gasteiger partial charge on any atom is 0.306 e. The highest BCUT2D eigenvalue weighted by Gasteiger charge is 2.83. The number of rotatable bonds is 4. The molecule has 8 heteroatoms. The van der Waals surface area contributed by atoms with Gasteiger partial charge in [-0.3, -0.25) is 14.4 Å². The Labute approximate surface area is 196 Å². The van der Waals surface area contributed by atoms with Crippen LogP contribution in [0.5, 0.6) is 0 Å². The summed E-state index contributed by atoms with van der Waals surface area (Å²) in [7, 11) is 0. The number of hydrogen-bond donors (Lipinski definition) is 0. The minimum absolute atomic E-state index is 0.105. The molecule has 1 spiro atoms. The second kappa shape index (κ2) is 7.23. The lowest BCUT2D eigenvalue weighted by Gasteiger charge is -2.56. The normalized spacial score (nSPS) is 49.3. The first-order chi connectivity index (χ1) is 15.5. The SMILES string of the molecule is CCC(=O)O[C@]1(C(=O)SCF)[C@H](C)CC2C3C[C@H](F)C4=CC(=O)C=C[C@]4(C)[C@@]34O[C@H]4C[C@@]21C. The van der Waals surface area contributed by atoms with Crippen LogP contribution in [0.1, 0.15) is 53.4 Å². The Balaban J connectivity index is 1.62. The lowest BCUT2D eigenvalue weighted by molar-refractivity contribution is -0.187. The van der Waals surface area contributed by atoms with E-state index in [-0.39, 0.29) is 42.5 Å². The summed E-state index contributed by atoms with van der Waals surface area (Å²) >= 11 is 0.543. The fourth-order valence-corrected chi connectivity index (χ4v) is 8.85. The molecule has 5 nitrogen and oxygen atoms in total. The van der Waals surface area contributed by atoms with Crippen LogP contribution < -0.4 is 0 Å². The molecule has 180 valence electrons. The fraction of sp³-hybridized carbons (Fsp3) is 0.720. The molecule has 5 aliphatic rings. The molecule has 0 aromatic rings. The van der Waals surface area contributed by atoms with E-state index in [9.17, 15) is 18.8 Å². The van der Waals surface area contributed by atoms with Crippen molar-refractivity contribution in [2.75, 3.05) is 6.01 Å². The van der Waals surface area contributed by atoms with Crippen LogP contribution in [0.25, 0.3) is 0 Å². The number of ether oxygens (including phenoxy) is 2. The molecule has 33 heavy (non-hydrogen) atoms. The minimum atomic E-state index is -1.49. The van der Waals surface area contributed by atoms with Gasteiger partial charge < -0.3 is 9.47 Å². The van der Waals surface area contributed by atoms with Crippen LogP contribution in [0.3, 0.4) is 0 Å². The van der Waals surface area contributed by atoms with E-state index in [2.05, 4.69) is 0 Å². The van der Waals surface area contributed by atoms with Crippen LogP contribution in [-0.2, 0) is 23.9 Å². The van der Waals surface area contributed by atoms with E-state index in [0.717, 1.165) is 0 Å². The predicted octanol–water partition coefficient (Wildman–Crippen LogP) is 4.50. The Morgan fingerprint density at radius 3 is 2.67 bits per heavy atom. The second-order valence-corrected chi connectivity index (χ2v) is 11.6. The molecule has 2 unspecified atom stereocenters. The molecule has 0 N–H and O–H groups in total. The average Bonchev–Trinajstić information content (AvgIpc) is 3.44. The zero-order valence-corrected chi connectivity index (χ0v) is 20.2. The van der Waals surface area contributed by atoms with Crippen molar-refractivity contribution < 1.29 is 32.6 Å². The van der Waals surface area contributed by atoms with Gasteiger partial charge in [-0.05, 0) is 67.5 Å². The molecular formula is C25H30F2O5S. The lowest BCUT2D eigenvalue weighted by Crippen LogP contribution is -2.63. The molecule has 0 radical (unpaired) electrons. The summed E-state index contributed by atoms with van der Waals surface area (Å²) in [5.74, 6) is -1.42. The summed E-state index contributed by atoms with van der Waals surface area (Å²) in [4.78, 5) is 38.0. The number of fused-ring (bicyclic) bond motifs is 3. The van der Waals surface area contributed by atoms with Crippen LogP contribution in [0.4, 0.5) is 8.78 Å². The van der Waals surface area contributed by atoms with Crippen LogP contribution >= 0.6 is 11.8 Å². The molecule has 0 amide bonds. The third-order valence-electron chi connectivity index (χ3n) is 9.51. The quantitative estimate of drug-likeness (QED) is 0.436. The van der Waals surface area contributed by atoms with Crippen molar-refractivity contribution >= 4 is 28.6 Å². The Bertz CT molecular complexity index is 995. The van der Waals surface area contributed by atoms with Gasteiger partial charge in [0.25, 0.3) is 0 Å². The van der Waals surface area contributed by atoms with Gasteiger partial charge in [-0.1, -0.05) is 26.8 Å². The van der Waals surface area contributed by atoms with Gasteiger partial charge >= 0.3 is 5.97 Å². The van der Waals surface area contributed by atoms with Crippen LogP contribution in [-0.4, -0.2) is 46.4 Å². The first kappa shape index (κ1) is 23.2. The van der Waals surface area contributed by atoms with Gasteiger partial charge in [-0.25, -0.2) is 8.78 Å². The number of alkyl halides is 2. The van der Waals surface area contributed by atoms with Crippen LogP contribution in [0.15, 0.2) is 23.8 Å². The van der Waals surface area contributed by atoms with E-state index in [1.54, 1.807) is 13.0 Å². The zero-order chi connectivity index (χ0) is 24.0. The monoisotopic (exact) mass is 480 g/mol. The highest BCUT2D eigenvalue weighted by Crippen LogP contribution is 2.77. The molecule has 4 aliphatic carbocycles. The number of epoxide rings is 1. The Morgan fingerprint density at radius 2 is 2.00 bits per heavy atom. The number of thioether (sulfide) groups is 1. The molecule has 3 saturated carbocycles. The molecule has 1 aliphatic heterocycles. The molecule has 0 aromatic carbocycles. The Hall–Kier alpha value is -1.54. The Kier molecular flexibility index (Phi) is 5.09. The summed E-state index contributed by atoms with van der Waals surface area (Å²) in [5.41, 5.74) is -3.22. The third-order valence-corrected chi connectivity index (χ3v) is 10.2. The standard InChI is InChI=1S/C25H30F2O5S/c1-5-20(29)32-24(21(30)33-12-26)13(2)8-15-16-10-18(27)17-9-14(28)6-7-22(17,3)25(16)19(31-25)11-23(15,24)4/h6-7,9,13,15-16,18-19H,5,8,10-12H2,1-4H3/t13-,15?,16?,18+,19+,22+,23+,24+,25-/m1/s1. The van der Waals surface area contributed by atoms with Crippen molar-refractivity contribution in [1.29, 1.82) is 0 Å². The van der Waals surface area contributed by atoms with E-state index < -0.39 is 45.3 Å². The molecule has 1 heterocycles. The number of carbonyl (C=O) groups excluding carboxylic acids is 3. The summed E-state index contributed by atoms with van der Waals surface area (Å²) < 4.78 is 41.3. The molecule has 4 fully saturated rings. The number of allylic oxidation sites excluding steroid dienone is 2. The third kappa shape index (κ3) is 2.65. The van der Waals surface area contributed by atoms with Crippen molar-refractivity contribution in [3.8, 4) is 0 Å². The predicted molar refractivity (Wildman–Crippen MR) is 119 cm³/mol. The smallest absolute Gasteiger partial charge is 0.306 e. The van der Waals surface area contributed by atoms with Gasteiger partial charge in [0.15, 0.2) is 11.4 Å². The molecule has 0 aromatic heterocycles. The maximum atomic E-state index is 15.6. The largest absolute Gasteiger partial charge is 0.449 e. The van der Waals surface area contributed by atoms with Crippen molar-refractivity contribution in [2.24, 2.45) is 28.6 Å². The summed E-state index contributed by atoms with van der Waals surface area (Å²) in [6, 6.07) is -0.900. The number of carbonyl (C=O) groups is 3. The number of esters is 1. The van der Waals surface area contributed by atoms with Crippen LogP contribution in [0, 0.1) is 28.6 Å². The average molecular weight is 481 g/mol. The van der Waals surface area contributed by atoms with E-state index in [1.807, 2.05) is 20.8 Å². The van der Waals surface area contributed by atoms with Crippen LogP contribution in [0.2, 0.25) is 0 Å². The van der Waals surface area contributed by atoms with Crippen molar-refractivity contribution in [2.45, 2.75) is 76.9 Å². The van der Waals surface area contributed by atoms with Gasteiger partial charge in [0.1, 0.15) is 17.8 Å². The highest BCUT2D eigenvalue weighted by molar-refractivity contribution is 8.13. The molecular weight excluding hydrogens is 450 g/mol. The fourth-order valence-electron chi connectivity index (χ4n) is 8.06. The van der Waals surface area contributed by atoms with Gasteiger partial charge in [0, 0.05) is 23.2 Å². The minimum Gasteiger partial charge on any atom is -0.449 e. The van der Waals surface area contributed by atoms with Gasteiger partial charge in [-0.2, -0.15) is 0 Å². The highest BCUT2D eigenvalue weighted by atomic mass is 32.2. The first-order valence-electron chi connectivity index (χ1n) is 11.7. The second-order valence-electron chi connectivity index (χ2n) is 10.7. The van der Waals surface area contributed by atoms with Gasteiger partial charge in [0.05, 0.1) is 6.10 Å². The van der Waals surface area contributed by atoms with Crippen molar-refractivity contribution in [1.82, 2.24) is 0 Å². The zero-order valence-electron chi connectivity index (χ0n) is 19.4. The number of ketones is 1. The first-order valence-corrected chi connectivity index (χ1v) is 12.7.